The fraction of sp³-hybridized carbons (Fsp3) is 0.200. The standard InChI is InChI=1S/C20H18ClN7O2S/c1-12-7-23-16(8-22-12)9-24-18(29)17-13(2)26-19(31-17)27-11-25-28(20(27)30)10-14-4-3-5-15(21)6-14/h3-8,11H,9-10H2,1-2H3,(H,24,29). The average molecular weight is 456 g/mol. The largest absolute Gasteiger partial charge is 0.352 e. The summed E-state index contributed by atoms with van der Waals surface area (Å²) >= 11 is 7.13. The van der Waals surface area contributed by atoms with Crippen molar-refractivity contribution in [3.63, 3.8) is 0 Å². The van der Waals surface area contributed by atoms with Crippen LogP contribution in [0.3, 0.4) is 0 Å². The van der Waals surface area contributed by atoms with E-state index in [9.17, 15) is 9.59 Å². The Labute approximate surface area is 186 Å². The second kappa shape index (κ2) is 8.78. The Balaban J connectivity index is 1.50. The van der Waals surface area contributed by atoms with Crippen molar-refractivity contribution in [3.05, 3.63) is 86.0 Å². The number of carbonyl (C=O) groups excluding carboxylic acids is 1. The molecule has 1 N–H and O–H groups in total. The highest BCUT2D eigenvalue weighted by Crippen LogP contribution is 2.20. The SMILES string of the molecule is Cc1cnc(CNC(=O)c2sc(-n3cnn(Cc4cccc(Cl)c4)c3=O)nc2C)cn1. The number of rotatable bonds is 6. The smallest absolute Gasteiger partial charge is 0.346 e. The van der Waals surface area contributed by atoms with Crippen LogP contribution in [0.2, 0.25) is 5.02 Å². The predicted octanol–water partition coefficient (Wildman–Crippen LogP) is 2.53. The lowest BCUT2D eigenvalue weighted by Gasteiger charge is -2.03. The van der Waals surface area contributed by atoms with Gasteiger partial charge in [0.25, 0.3) is 5.91 Å². The van der Waals surface area contributed by atoms with Gasteiger partial charge in [0.05, 0.1) is 36.4 Å². The van der Waals surface area contributed by atoms with E-state index in [0.717, 1.165) is 22.6 Å². The van der Waals surface area contributed by atoms with Gasteiger partial charge in [-0.15, -0.1) is 0 Å². The van der Waals surface area contributed by atoms with Crippen LogP contribution < -0.4 is 11.0 Å². The van der Waals surface area contributed by atoms with E-state index >= 15 is 0 Å². The summed E-state index contributed by atoms with van der Waals surface area (Å²) in [5.74, 6) is -0.289. The molecular formula is C20H18ClN7O2S. The van der Waals surface area contributed by atoms with E-state index in [1.807, 2.05) is 19.1 Å². The quantitative estimate of drug-likeness (QED) is 0.478. The molecule has 4 aromatic rings. The molecule has 0 aliphatic carbocycles. The van der Waals surface area contributed by atoms with Crippen LogP contribution in [-0.4, -0.2) is 35.2 Å². The highest BCUT2D eigenvalue weighted by molar-refractivity contribution is 7.16. The van der Waals surface area contributed by atoms with Gasteiger partial charge in [-0.3, -0.25) is 14.8 Å². The molecule has 0 aliphatic heterocycles. The monoisotopic (exact) mass is 455 g/mol. The number of carbonyl (C=O) groups is 1. The molecule has 3 heterocycles. The number of hydrogen-bond donors (Lipinski definition) is 1. The Hall–Kier alpha value is -3.37. The first kappa shape index (κ1) is 20.9. The molecular weight excluding hydrogens is 438 g/mol. The number of amides is 1. The summed E-state index contributed by atoms with van der Waals surface area (Å²) in [4.78, 5) is 38.6. The number of benzene rings is 1. The average Bonchev–Trinajstić information content (AvgIpc) is 3.30. The van der Waals surface area contributed by atoms with Crippen LogP contribution in [-0.2, 0) is 13.1 Å². The number of halogens is 1. The first-order chi connectivity index (χ1) is 14.9. The van der Waals surface area contributed by atoms with Gasteiger partial charge < -0.3 is 5.32 Å². The maximum atomic E-state index is 12.8. The van der Waals surface area contributed by atoms with Gasteiger partial charge in [-0.25, -0.2) is 19.0 Å². The molecule has 4 rings (SSSR count). The van der Waals surface area contributed by atoms with Gasteiger partial charge in [0.15, 0.2) is 5.13 Å². The van der Waals surface area contributed by atoms with Gasteiger partial charge in [0, 0.05) is 11.2 Å². The lowest BCUT2D eigenvalue weighted by molar-refractivity contribution is 0.0953. The molecule has 9 nitrogen and oxygen atoms in total. The van der Waals surface area contributed by atoms with Crippen molar-refractivity contribution in [1.82, 2.24) is 34.6 Å². The molecule has 1 amide bonds. The van der Waals surface area contributed by atoms with Gasteiger partial charge in [-0.2, -0.15) is 5.10 Å². The summed E-state index contributed by atoms with van der Waals surface area (Å²) in [7, 11) is 0. The number of hydrogen-bond acceptors (Lipinski definition) is 7. The van der Waals surface area contributed by atoms with E-state index < -0.39 is 0 Å². The summed E-state index contributed by atoms with van der Waals surface area (Å²) in [6.45, 7) is 4.09. The minimum atomic E-state index is -0.351. The maximum Gasteiger partial charge on any atom is 0.352 e. The van der Waals surface area contributed by atoms with Gasteiger partial charge in [-0.05, 0) is 31.5 Å². The number of aryl methyl sites for hydroxylation is 2. The lowest BCUT2D eigenvalue weighted by atomic mass is 10.2. The fourth-order valence-corrected chi connectivity index (χ4v) is 4.00. The van der Waals surface area contributed by atoms with Gasteiger partial charge in [0.2, 0.25) is 0 Å². The van der Waals surface area contributed by atoms with Crippen LogP contribution >= 0.6 is 22.9 Å². The van der Waals surface area contributed by atoms with Crippen molar-refractivity contribution >= 4 is 28.8 Å². The molecule has 0 saturated carbocycles. The van der Waals surface area contributed by atoms with E-state index in [1.165, 1.54) is 15.6 Å². The molecule has 0 unspecified atom stereocenters. The topological polar surface area (TPSA) is 108 Å². The molecule has 0 fully saturated rings. The maximum absolute atomic E-state index is 12.8. The van der Waals surface area contributed by atoms with Crippen molar-refractivity contribution in [2.24, 2.45) is 0 Å². The van der Waals surface area contributed by atoms with Crippen molar-refractivity contribution in [1.29, 1.82) is 0 Å². The first-order valence-electron chi connectivity index (χ1n) is 9.33. The minimum Gasteiger partial charge on any atom is -0.346 e. The number of thiazole rings is 1. The molecule has 0 atom stereocenters. The summed E-state index contributed by atoms with van der Waals surface area (Å²) in [5, 5.41) is 7.93. The van der Waals surface area contributed by atoms with Crippen molar-refractivity contribution in [2.45, 2.75) is 26.9 Å². The molecule has 0 aliphatic rings. The summed E-state index contributed by atoms with van der Waals surface area (Å²) < 4.78 is 2.64. The normalized spacial score (nSPS) is 10.9. The Morgan fingerprint density at radius 1 is 1.23 bits per heavy atom. The van der Waals surface area contributed by atoms with Gasteiger partial charge >= 0.3 is 5.69 Å². The Morgan fingerprint density at radius 3 is 2.81 bits per heavy atom. The third kappa shape index (κ3) is 4.70. The van der Waals surface area contributed by atoms with Crippen LogP contribution in [0.1, 0.15) is 32.3 Å². The molecule has 31 heavy (non-hydrogen) atoms. The summed E-state index contributed by atoms with van der Waals surface area (Å²) in [6, 6.07) is 7.23. The zero-order valence-electron chi connectivity index (χ0n) is 16.7. The molecule has 3 aromatic heterocycles. The van der Waals surface area contributed by atoms with E-state index in [4.69, 9.17) is 11.6 Å². The third-order valence-electron chi connectivity index (χ3n) is 4.42. The van der Waals surface area contributed by atoms with Crippen molar-refractivity contribution in [3.8, 4) is 5.13 Å². The molecule has 0 saturated heterocycles. The van der Waals surface area contributed by atoms with Gasteiger partial charge in [-0.1, -0.05) is 35.1 Å². The Kier molecular flexibility index (Phi) is 5.92. The second-order valence-electron chi connectivity index (χ2n) is 6.81. The number of aromatic nitrogens is 6. The molecule has 0 bridgehead atoms. The zero-order chi connectivity index (χ0) is 22.0. The molecule has 1 aromatic carbocycles. The highest BCUT2D eigenvalue weighted by atomic mass is 35.5. The lowest BCUT2D eigenvalue weighted by Crippen LogP contribution is -2.24. The van der Waals surface area contributed by atoms with E-state index in [2.05, 4.69) is 25.4 Å². The molecule has 158 valence electrons. The Morgan fingerprint density at radius 2 is 2.06 bits per heavy atom. The van der Waals surface area contributed by atoms with Crippen molar-refractivity contribution in [2.75, 3.05) is 0 Å². The zero-order valence-corrected chi connectivity index (χ0v) is 18.3. The third-order valence-corrected chi connectivity index (χ3v) is 5.81. The molecule has 0 radical (unpaired) electrons. The summed E-state index contributed by atoms with van der Waals surface area (Å²) in [5.41, 5.74) is 2.49. The fourth-order valence-electron chi connectivity index (χ4n) is 2.84. The second-order valence-corrected chi connectivity index (χ2v) is 8.23. The van der Waals surface area contributed by atoms with Crippen LogP contribution in [0.25, 0.3) is 5.13 Å². The van der Waals surface area contributed by atoms with Crippen molar-refractivity contribution < 1.29 is 4.79 Å². The van der Waals surface area contributed by atoms with E-state index in [0.29, 0.717) is 26.4 Å². The molecule has 11 heteroatoms. The number of nitrogens with zero attached hydrogens (tertiary/aromatic N) is 6. The number of nitrogens with one attached hydrogen (secondary N) is 1. The summed E-state index contributed by atoms with van der Waals surface area (Å²) in [6.07, 6.45) is 4.66. The van der Waals surface area contributed by atoms with E-state index in [1.54, 1.807) is 31.5 Å². The first-order valence-corrected chi connectivity index (χ1v) is 10.5. The van der Waals surface area contributed by atoms with E-state index in [-0.39, 0.29) is 24.7 Å². The van der Waals surface area contributed by atoms with Crippen LogP contribution in [0, 0.1) is 13.8 Å². The van der Waals surface area contributed by atoms with Crippen LogP contribution in [0.4, 0.5) is 0 Å². The highest BCUT2D eigenvalue weighted by Gasteiger charge is 2.18. The predicted molar refractivity (Wildman–Crippen MR) is 117 cm³/mol. The minimum absolute atomic E-state index is 0.246. The molecule has 0 spiro atoms. The van der Waals surface area contributed by atoms with Crippen LogP contribution in [0.5, 0.6) is 0 Å². The van der Waals surface area contributed by atoms with Crippen LogP contribution in [0.15, 0.2) is 47.8 Å². The Bertz CT molecular complexity index is 1290. The van der Waals surface area contributed by atoms with Gasteiger partial charge in [0.1, 0.15) is 11.2 Å².